The van der Waals surface area contributed by atoms with Crippen molar-refractivity contribution in [2.45, 2.75) is 6.42 Å². The summed E-state index contributed by atoms with van der Waals surface area (Å²) >= 11 is 5.78. The van der Waals surface area contributed by atoms with E-state index in [0.29, 0.717) is 5.02 Å². The molecule has 0 saturated heterocycles. The third-order valence-electron chi connectivity index (χ3n) is 1.93. The van der Waals surface area contributed by atoms with Crippen molar-refractivity contribution in [2.75, 3.05) is 0 Å². The minimum absolute atomic E-state index is 0.215. The minimum Gasteiger partial charge on any atom is -0.383 e. The summed E-state index contributed by atoms with van der Waals surface area (Å²) in [6, 6.07) is 5.26. The van der Waals surface area contributed by atoms with Gasteiger partial charge in [-0.2, -0.15) is 4.99 Å². The fraction of sp³-hybridized carbons (Fsp3) is 0.111. The summed E-state index contributed by atoms with van der Waals surface area (Å²) in [5.74, 6) is 0.0650. The van der Waals surface area contributed by atoms with Gasteiger partial charge in [-0.15, -0.1) is 0 Å². The molecule has 0 bridgehead atoms. The molecule has 66 valence electrons. The van der Waals surface area contributed by atoms with Crippen molar-refractivity contribution < 1.29 is 4.79 Å². The molecule has 0 saturated carbocycles. The fourth-order valence-corrected chi connectivity index (χ4v) is 1.55. The molecule has 0 fully saturated rings. The third kappa shape index (κ3) is 1.42. The first-order chi connectivity index (χ1) is 6.16. The SMILES string of the molecule is NC1=NC(=O)Cc2cc(Cl)ccc21. The second-order valence-electron chi connectivity index (χ2n) is 2.87. The van der Waals surface area contributed by atoms with Crippen LogP contribution in [0.2, 0.25) is 5.02 Å². The molecule has 0 aromatic heterocycles. The lowest BCUT2D eigenvalue weighted by Gasteiger charge is -2.12. The summed E-state index contributed by atoms with van der Waals surface area (Å²) in [6.07, 6.45) is 0.288. The smallest absolute Gasteiger partial charge is 0.252 e. The standard InChI is InChI=1S/C9H7ClN2O/c10-6-1-2-7-5(3-6)4-8(13)12-9(7)11/h1-3H,4H2,(H2,11,12,13). The molecule has 0 spiro atoms. The summed E-state index contributed by atoms with van der Waals surface area (Å²) in [6.45, 7) is 0. The van der Waals surface area contributed by atoms with Crippen LogP contribution in [-0.4, -0.2) is 11.7 Å². The van der Waals surface area contributed by atoms with Crippen LogP contribution in [0.4, 0.5) is 0 Å². The Morgan fingerprint density at radius 3 is 3.00 bits per heavy atom. The summed E-state index contributed by atoms with van der Waals surface area (Å²) in [5, 5.41) is 0.612. The van der Waals surface area contributed by atoms with Gasteiger partial charge in [0.25, 0.3) is 5.91 Å². The molecule has 1 amide bonds. The number of hydrogen-bond acceptors (Lipinski definition) is 2. The zero-order chi connectivity index (χ0) is 9.42. The highest BCUT2D eigenvalue weighted by Crippen LogP contribution is 2.19. The predicted octanol–water partition coefficient (Wildman–Crippen LogP) is 1.13. The second-order valence-corrected chi connectivity index (χ2v) is 3.31. The topological polar surface area (TPSA) is 55.4 Å². The average Bonchev–Trinajstić information content (AvgIpc) is 2.02. The molecule has 2 rings (SSSR count). The maximum Gasteiger partial charge on any atom is 0.252 e. The van der Waals surface area contributed by atoms with Crippen LogP contribution in [0.25, 0.3) is 0 Å². The van der Waals surface area contributed by atoms with E-state index in [1.54, 1.807) is 18.2 Å². The molecule has 13 heavy (non-hydrogen) atoms. The number of amides is 1. The van der Waals surface area contributed by atoms with Crippen LogP contribution in [-0.2, 0) is 11.2 Å². The van der Waals surface area contributed by atoms with Crippen LogP contribution >= 0.6 is 11.6 Å². The molecule has 0 radical (unpaired) electrons. The average molecular weight is 195 g/mol. The Bertz CT molecular complexity index is 412. The van der Waals surface area contributed by atoms with Crippen LogP contribution in [0.15, 0.2) is 23.2 Å². The zero-order valence-electron chi connectivity index (χ0n) is 6.75. The van der Waals surface area contributed by atoms with Gasteiger partial charge in [-0.3, -0.25) is 4.79 Å². The number of amidine groups is 1. The van der Waals surface area contributed by atoms with Gasteiger partial charge in [0.2, 0.25) is 0 Å². The molecule has 1 aliphatic heterocycles. The molecule has 4 heteroatoms. The molecule has 0 atom stereocenters. The monoisotopic (exact) mass is 194 g/mol. The summed E-state index contributed by atoms with van der Waals surface area (Å²) in [4.78, 5) is 14.7. The molecule has 1 heterocycles. The van der Waals surface area contributed by atoms with Gasteiger partial charge in [0.05, 0.1) is 6.42 Å². The highest BCUT2D eigenvalue weighted by Gasteiger charge is 2.16. The van der Waals surface area contributed by atoms with E-state index >= 15 is 0 Å². The van der Waals surface area contributed by atoms with Gasteiger partial charge < -0.3 is 5.73 Å². The highest BCUT2D eigenvalue weighted by molar-refractivity contribution is 6.30. The van der Waals surface area contributed by atoms with Crippen LogP contribution in [0.5, 0.6) is 0 Å². The van der Waals surface area contributed by atoms with Crippen molar-refractivity contribution >= 4 is 23.3 Å². The number of rotatable bonds is 0. The number of nitrogens with zero attached hydrogens (tertiary/aromatic N) is 1. The van der Waals surface area contributed by atoms with Crippen molar-refractivity contribution in [1.82, 2.24) is 0 Å². The lowest BCUT2D eigenvalue weighted by Crippen LogP contribution is -2.23. The lowest BCUT2D eigenvalue weighted by atomic mass is 10.0. The summed E-state index contributed by atoms with van der Waals surface area (Å²) in [5.41, 5.74) is 7.23. The van der Waals surface area contributed by atoms with E-state index < -0.39 is 0 Å². The van der Waals surface area contributed by atoms with E-state index in [4.69, 9.17) is 17.3 Å². The fourth-order valence-electron chi connectivity index (χ4n) is 1.36. The number of halogens is 1. The third-order valence-corrected chi connectivity index (χ3v) is 2.17. The van der Waals surface area contributed by atoms with E-state index in [0.717, 1.165) is 11.1 Å². The molecule has 1 aromatic rings. The molecule has 3 nitrogen and oxygen atoms in total. The Balaban J connectivity index is 2.60. The summed E-state index contributed by atoms with van der Waals surface area (Å²) < 4.78 is 0. The first kappa shape index (κ1) is 8.26. The number of benzene rings is 1. The molecular formula is C9H7ClN2O. The number of nitrogens with two attached hydrogens (primary N) is 1. The van der Waals surface area contributed by atoms with E-state index in [1.807, 2.05) is 0 Å². The molecule has 2 N–H and O–H groups in total. The minimum atomic E-state index is -0.215. The Morgan fingerprint density at radius 2 is 2.23 bits per heavy atom. The Morgan fingerprint density at radius 1 is 1.46 bits per heavy atom. The zero-order valence-corrected chi connectivity index (χ0v) is 7.51. The van der Waals surface area contributed by atoms with Crippen molar-refractivity contribution in [2.24, 2.45) is 10.7 Å². The largest absolute Gasteiger partial charge is 0.383 e. The van der Waals surface area contributed by atoms with Gasteiger partial charge in [-0.1, -0.05) is 11.6 Å². The van der Waals surface area contributed by atoms with E-state index in [2.05, 4.69) is 4.99 Å². The lowest BCUT2D eigenvalue weighted by molar-refractivity contribution is -0.117. The molecule has 0 aliphatic carbocycles. The second kappa shape index (κ2) is 2.85. The molecule has 1 aliphatic rings. The number of fused-ring (bicyclic) bond motifs is 1. The van der Waals surface area contributed by atoms with Crippen molar-refractivity contribution in [3.63, 3.8) is 0 Å². The number of aliphatic imine (C=N–C) groups is 1. The summed E-state index contributed by atoms with van der Waals surface area (Å²) in [7, 11) is 0. The molecule has 0 unspecified atom stereocenters. The van der Waals surface area contributed by atoms with E-state index in [1.165, 1.54) is 0 Å². The predicted molar refractivity (Wildman–Crippen MR) is 50.9 cm³/mol. The van der Waals surface area contributed by atoms with Gasteiger partial charge in [-0.25, -0.2) is 0 Å². The van der Waals surface area contributed by atoms with E-state index in [-0.39, 0.29) is 18.2 Å². The highest BCUT2D eigenvalue weighted by atomic mass is 35.5. The maximum absolute atomic E-state index is 11.0. The normalized spacial score (nSPS) is 15.2. The first-order valence-corrected chi connectivity index (χ1v) is 4.20. The maximum atomic E-state index is 11.0. The van der Waals surface area contributed by atoms with Gasteiger partial charge in [0, 0.05) is 10.6 Å². The Labute approximate surface area is 80.2 Å². The number of hydrogen-bond donors (Lipinski definition) is 1. The van der Waals surface area contributed by atoms with Crippen LogP contribution in [0, 0.1) is 0 Å². The van der Waals surface area contributed by atoms with Crippen LogP contribution < -0.4 is 5.73 Å². The Hall–Kier alpha value is -1.35. The quantitative estimate of drug-likeness (QED) is 0.673. The van der Waals surface area contributed by atoms with Crippen molar-refractivity contribution in [3.05, 3.63) is 34.3 Å². The van der Waals surface area contributed by atoms with E-state index in [9.17, 15) is 4.79 Å². The Kier molecular flexibility index (Phi) is 1.81. The van der Waals surface area contributed by atoms with Gasteiger partial charge in [-0.05, 0) is 23.8 Å². The van der Waals surface area contributed by atoms with Gasteiger partial charge in [0.1, 0.15) is 5.84 Å². The van der Waals surface area contributed by atoms with Gasteiger partial charge >= 0.3 is 0 Å². The first-order valence-electron chi connectivity index (χ1n) is 3.82. The van der Waals surface area contributed by atoms with Crippen molar-refractivity contribution in [1.29, 1.82) is 0 Å². The van der Waals surface area contributed by atoms with Crippen LogP contribution in [0.1, 0.15) is 11.1 Å². The van der Waals surface area contributed by atoms with Crippen molar-refractivity contribution in [3.8, 4) is 0 Å². The van der Waals surface area contributed by atoms with Crippen LogP contribution in [0.3, 0.4) is 0 Å². The van der Waals surface area contributed by atoms with Gasteiger partial charge in [0.15, 0.2) is 0 Å². The number of carbonyl (C=O) groups is 1. The molecular weight excluding hydrogens is 188 g/mol. The number of carbonyl (C=O) groups excluding carboxylic acids is 1. The molecule has 1 aromatic carbocycles.